The number of imidazole rings is 1. The van der Waals surface area contributed by atoms with Gasteiger partial charge in [-0.15, -0.1) is 0 Å². The molecular formula is C26H29N5O3. The van der Waals surface area contributed by atoms with E-state index in [0.29, 0.717) is 25.3 Å². The zero-order valence-electron chi connectivity index (χ0n) is 19.9. The van der Waals surface area contributed by atoms with Gasteiger partial charge in [-0.3, -0.25) is 5.10 Å². The zero-order chi connectivity index (χ0) is 24.0. The number of phenolic OH excluding ortho intramolecular Hbond substituents is 1. The van der Waals surface area contributed by atoms with Gasteiger partial charge in [-0.2, -0.15) is 5.10 Å². The van der Waals surface area contributed by atoms with E-state index in [9.17, 15) is 9.90 Å². The molecule has 3 heterocycles. The summed E-state index contributed by atoms with van der Waals surface area (Å²) in [4.78, 5) is 22.4. The Balaban J connectivity index is 1.43. The summed E-state index contributed by atoms with van der Waals surface area (Å²) >= 11 is 0. The Labute approximate surface area is 198 Å². The summed E-state index contributed by atoms with van der Waals surface area (Å²) in [6, 6.07) is 11.7. The number of nitrogens with one attached hydrogen (secondary N) is 2. The number of aromatic nitrogens is 4. The standard InChI is InChI=1S/C26H29N5O3/c1-5-15-12-17(32)7-9-18(15)16-6-8-19-21(13-16)29-30-23(19)24-27-20-10-11-31(14-22(20)28-24)25(33)34-26(2,3)4/h6-9,12-13,32H,5,10-11,14H2,1-4H3,(H,27,28)(H,29,30). The summed E-state index contributed by atoms with van der Waals surface area (Å²) < 4.78 is 5.52. The molecule has 2 aromatic heterocycles. The molecule has 1 aliphatic rings. The quantitative estimate of drug-likeness (QED) is 0.391. The molecule has 5 rings (SSSR count). The molecule has 8 nitrogen and oxygen atoms in total. The van der Waals surface area contributed by atoms with E-state index >= 15 is 0 Å². The van der Waals surface area contributed by atoms with E-state index in [-0.39, 0.29) is 11.8 Å². The van der Waals surface area contributed by atoms with Crippen LogP contribution in [0.3, 0.4) is 0 Å². The van der Waals surface area contributed by atoms with Gasteiger partial charge in [0.05, 0.1) is 17.8 Å². The van der Waals surface area contributed by atoms with Crippen molar-refractivity contribution in [2.45, 2.75) is 52.7 Å². The van der Waals surface area contributed by atoms with Crippen LogP contribution in [0, 0.1) is 0 Å². The Kier molecular flexibility index (Phi) is 5.31. The minimum Gasteiger partial charge on any atom is -0.508 e. The molecule has 4 aromatic rings. The highest BCUT2D eigenvalue weighted by Gasteiger charge is 2.28. The van der Waals surface area contributed by atoms with Gasteiger partial charge in [-0.1, -0.05) is 19.1 Å². The number of ether oxygens (including phenoxy) is 1. The topological polar surface area (TPSA) is 107 Å². The van der Waals surface area contributed by atoms with Gasteiger partial charge < -0.3 is 19.7 Å². The van der Waals surface area contributed by atoms with E-state index in [1.807, 2.05) is 39.0 Å². The minimum atomic E-state index is -0.529. The second-order valence-corrected chi connectivity index (χ2v) is 9.69. The maximum Gasteiger partial charge on any atom is 0.410 e. The third-order valence-electron chi connectivity index (χ3n) is 6.06. The molecule has 0 spiro atoms. The monoisotopic (exact) mass is 459 g/mol. The number of amides is 1. The van der Waals surface area contributed by atoms with Crippen molar-refractivity contribution in [1.29, 1.82) is 0 Å². The van der Waals surface area contributed by atoms with Crippen molar-refractivity contribution in [2.75, 3.05) is 6.54 Å². The first-order chi connectivity index (χ1) is 16.2. The van der Waals surface area contributed by atoms with Crippen molar-refractivity contribution < 1.29 is 14.6 Å². The number of phenols is 1. The fourth-order valence-corrected chi connectivity index (χ4v) is 4.41. The van der Waals surface area contributed by atoms with E-state index in [0.717, 1.165) is 51.1 Å². The third kappa shape index (κ3) is 4.11. The Morgan fingerprint density at radius 3 is 2.79 bits per heavy atom. The molecule has 0 saturated carbocycles. The van der Waals surface area contributed by atoms with E-state index in [2.05, 4.69) is 34.2 Å². The number of nitrogens with zero attached hydrogens (tertiary/aromatic N) is 3. The number of aromatic hydroxyl groups is 1. The molecule has 176 valence electrons. The Bertz CT molecular complexity index is 1380. The molecule has 2 aromatic carbocycles. The summed E-state index contributed by atoms with van der Waals surface area (Å²) in [6.45, 7) is 8.67. The van der Waals surface area contributed by atoms with Crippen LogP contribution in [0.5, 0.6) is 5.75 Å². The summed E-state index contributed by atoms with van der Waals surface area (Å²) in [5.74, 6) is 0.964. The van der Waals surface area contributed by atoms with Crippen LogP contribution in [0.25, 0.3) is 33.5 Å². The first kappa shape index (κ1) is 22.0. The summed E-state index contributed by atoms with van der Waals surface area (Å²) in [7, 11) is 0. The van der Waals surface area contributed by atoms with Gasteiger partial charge in [-0.05, 0) is 68.1 Å². The Hall–Kier alpha value is -3.81. The van der Waals surface area contributed by atoms with Gasteiger partial charge in [0.1, 0.15) is 17.0 Å². The molecule has 0 saturated heterocycles. The number of benzene rings is 2. The highest BCUT2D eigenvalue weighted by atomic mass is 16.6. The van der Waals surface area contributed by atoms with Crippen LogP contribution in [-0.2, 0) is 24.1 Å². The van der Waals surface area contributed by atoms with E-state index in [4.69, 9.17) is 9.72 Å². The van der Waals surface area contributed by atoms with Crippen molar-refractivity contribution in [3.8, 4) is 28.4 Å². The summed E-state index contributed by atoms with van der Waals surface area (Å²) in [5.41, 5.74) is 6.25. The van der Waals surface area contributed by atoms with Crippen molar-refractivity contribution in [3.63, 3.8) is 0 Å². The lowest BCUT2D eigenvalue weighted by molar-refractivity contribution is 0.0221. The number of aromatic amines is 2. The Morgan fingerprint density at radius 1 is 1.21 bits per heavy atom. The van der Waals surface area contributed by atoms with Crippen molar-refractivity contribution in [2.24, 2.45) is 0 Å². The van der Waals surface area contributed by atoms with E-state index in [1.165, 1.54) is 0 Å². The van der Waals surface area contributed by atoms with Crippen molar-refractivity contribution >= 4 is 17.0 Å². The van der Waals surface area contributed by atoms with Gasteiger partial charge in [-0.25, -0.2) is 9.78 Å². The lowest BCUT2D eigenvalue weighted by Gasteiger charge is -2.29. The molecule has 0 fully saturated rings. The number of fused-ring (bicyclic) bond motifs is 2. The van der Waals surface area contributed by atoms with Crippen molar-refractivity contribution in [3.05, 3.63) is 53.3 Å². The van der Waals surface area contributed by atoms with Crippen LogP contribution < -0.4 is 0 Å². The fourth-order valence-electron chi connectivity index (χ4n) is 4.41. The lowest BCUT2D eigenvalue weighted by atomic mass is 9.97. The van der Waals surface area contributed by atoms with Gasteiger partial charge in [0.15, 0.2) is 5.82 Å². The number of H-pyrrole nitrogens is 2. The van der Waals surface area contributed by atoms with E-state index in [1.54, 1.807) is 11.0 Å². The second kappa shape index (κ2) is 8.20. The lowest BCUT2D eigenvalue weighted by Crippen LogP contribution is -2.39. The maximum absolute atomic E-state index is 12.5. The first-order valence-electron chi connectivity index (χ1n) is 11.6. The van der Waals surface area contributed by atoms with Gasteiger partial charge in [0.25, 0.3) is 0 Å². The van der Waals surface area contributed by atoms with Crippen LogP contribution >= 0.6 is 0 Å². The average molecular weight is 460 g/mol. The highest BCUT2D eigenvalue weighted by Crippen LogP contribution is 2.33. The van der Waals surface area contributed by atoms with Crippen LogP contribution in [0.15, 0.2) is 36.4 Å². The first-order valence-corrected chi connectivity index (χ1v) is 11.6. The second-order valence-electron chi connectivity index (χ2n) is 9.69. The van der Waals surface area contributed by atoms with Crippen LogP contribution in [0.2, 0.25) is 0 Å². The normalized spacial score (nSPS) is 13.8. The maximum atomic E-state index is 12.5. The van der Waals surface area contributed by atoms with Crippen LogP contribution in [0.4, 0.5) is 4.79 Å². The summed E-state index contributed by atoms with van der Waals surface area (Å²) in [6.07, 6.45) is 1.20. The molecule has 34 heavy (non-hydrogen) atoms. The van der Waals surface area contributed by atoms with Gasteiger partial charge in [0, 0.05) is 24.0 Å². The number of hydrogen-bond acceptors (Lipinski definition) is 5. The highest BCUT2D eigenvalue weighted by molar-refractivity contribution is 5.94. The van der Waals surface area contributed by atoms with Crippen LogP contribution in [0.1, 0.15) is 44.6 Å². The zero-order valence-corrected chi connectivity index (χ0v) is 19.9. The number of hydrogen-bond donors (Lipinski definition) is 3. The van der Waals surface area contributed by atoms with Crippen molar-refractivity contribution in [1.82, 2.24) is 25.1 Å². The van der Waals surface area contributed by atoms with Gasteiger partial charge in [0.2, 0.25) is 0 Å². The molecule has 0 atom stereocenters. The van der Waals surface area contributed by atoms with Gasteiger partial charge >= 0.3 is 6.09 Å². The molecule has 3 N–H and O–H groups in total. The predicted molar refractivity (Wildman–Crippen MR) is 131 cm³/mol. The SMILES string of the molecule is CCc1cc(O)ccc1-c1ccc2c(-c3nc4c([nH]3)CCN(C(=O)OC(C)(C)C)C4)n[nH]c2c1. The fraction of sp³-hybridized carbons (Fsp3) is 0.346. The average Bonchev–Trinajstić information content (AvgIpc) is 3.40. The molecule has 1 aliphatic heterocycles. The number of carbonyl (C=O) groups excluding carboxylic acids is 1. The molecular weight excluding hydrogens is 430 g/mol. The van der Waals surface area contributed by atoms with E-state index < -0.39 is 5.60 Å². The third-order valence-corrected chi connectivity index (χ3v) is 6.06. The minimum absolute atomic E-state index is 0.275. The molecule has 0 bridgehead atoms. The summed E-state index contributed by atoms with van der Waals surface area (Å²) in [5, 5.41) is 18.5. The smallest absolute Gasteiger partial charge is 0.410 e. The molecule has 1 amide bonds. The molecule has 8 heteroatoms. The Morgan fingerprint density at radius 2 is 2.03 bits per heavy atom. The van der Waals surface area contributed by atoms with Crippen LogP contribution in [-0.4, -0.2) is 48.4 Å². The predicted octanol–water partition coefficient (Wildman–Crippen LogP) is 5.18. The largest absolute Gasteiger partial charge is 0.508 e. The molecule has 0 aliphatic carbocycles. The molecule has 0 unspecified atom stereocenters. The number of rotatable bonds is 3. The number of aryl methyl sites for hydroxylation is 1. The molecule has 0 radical (unpaired) electrons. The number of carbonyl (C=O) groups is 1.